The molecule has 20 heavy (non-hydrogen) atoms. The molecule has 6 nitrogen and oxygen atoms in total. The fourth-order valence-corrected chi connectivity index (χ4v) is 2.98. The molecular formula is C13H18N2O4S. The summed E-state index contributed by atoms with van der Waals surface area (Å²) in [5.74, 6) is -0.781. The number of benzene rings is 1. The summed E-state index contributed by atoms with van der Waals surface area (Å²) in [5, 5.41) is 17.1. The van der Waals surface area contributed by atoms with Gasteiger partial charge >= 0.3 is 5.97 Å². The number of carboxylic acids is 1. The van der Waals surface area contributed by atoms with Crippen LogP contribution in [0.5, 0.6) is 0 Å². The third-order valence-electron chi connectivity index (χ3n) is 3.79. The quantitative estimate of drug-likeness (QED) is 0.735. The molecule has 0 radical (unpaired) electrons. The molecule has 0 aromatic heterocycles. The van der Waals surface area contributed by atoms with Gasteiger partial charge in [-0.15, -0.1) is 0 Å². The summed E-state index contributed by atoms with van der Waals surface area (Å²) in [6.07, 6.45) is 3.03. The molecule has 0 unspecified atom stereocenters. The van der Waals surface area contributed by atoms with Gasteiger partial charge in [0.15, 0.2) is 0 Å². The summed E-state index contributed by atoms with van der Waals surface area (Å²) in [6, 6.07) is 6.13. The second-order valence-electron chi connectivity index (χ2n) is 5.35. The summed E-state index contributed by atoms with van der Waals surface area (Å²) >= 11 is 0. The average molecular weight is 298 g/mol. The molecule has 4 N–H and O–H groups in total. The van der Waals surface area contributed by atoms with Crippen molar-refractivity contribution in [1.82, 2.24) is 0 Å². The number of hydrogen-bond acceptors (Lipinski definition) is 4. The maximum atomic E-state index is 11.1. The van der Waals surface area contributed by atoms with Crippen molar-refractivity contribution in [3.63, 3.8) is 0 Å². The van der Waals surface area contributed by atoms with E-state index in [0.717, 1.165) is 24.9 Å². The number of carboxylic acid groups (broad SMARTS) is 1. The lowest BCUT2D eigenvalue weighted by molar-refractivity contribution is -0.141. The van der Waals surface area contributed by atoms with Crippen molar-refractivity contribution in [2.24, 2.45) is 10.6 Å². The molecule has 110 valence electrons. The molecule has 0 heterocycles. The van der Waals surface area contributed by atoms with Gasteiger partial charge in [-0.05, 0) is 42.5 Å². The van der Waals surface area contributed by atoms with Gasteiger partial charge in [0.05, 0.1) is 11.3 Å². The highest BCUT2D eigenvalue weighted by atomic mass is 32.2. The Labute approximate surface area is 118 Å². The van der Waals surface area contributed by atoms with Crippen molar-refractivity contribution >= 4 is 21.7 Å². The van der Waals surface area contributed by atoms with E-state index in [4.69, 9.17) is 10.2 Å². The minimum Gasteiger partial charge on any atom is -0.481 e. The number of nitrogens with two attached hydrogens (primary N) is 1. The predicted molar refractivity (Wildman–Crippen MR) is 74.8 cm³/mol. The molecule has 2 rings (SSSR count). The standard InChI is InChI=1S/C13H18N2O4S/c14-20(18,19)11-4-2-10(3-5-11)15-9-13(6-1-7-13)8-12(16)17/h2-5,15H,1,6-9H2,(H,16,17)(H2,14,18,19). The normalized spacial score (nSPS) is 17.2. The number of rotatable bonds is 6. The third kappa shape index (κ3) is 3.49. The highest BCUT2D eigenvalue weighted by Crippen LogP contribution is 2.44. The summed E-state index contributed by atoms with van der Waals surface area (Å²) in [7, 11) is -3.68. The first kappa shape index (κ1) is 14.8. The van der Waals surface area contributed by atoms with Crippen LogP contribution in [-0.4, -0.2) is 26.0 Å². The molecule has 0 saturated heterocycles. The van der Waals surface area contributed by atoms with Crippen LogP contribution >= 0.6 is 0 Å². The van der Waals surface area contributed by atoms with E-state index < -0.39 is 16.0 Å². The Morgan fingerprint density at radius 3 is 2.30 bits per heavy atom. The molecule has 0 aliphatic heterocycles. The lowest BCUT2D eigenvalue weighted by Crippen LogP contribution is -2.38. The van der Waals surface area contributed by atoms with Gasteiger partial charge in [0.1, 0.15) is 0 Å². The molecule has 0 spiro atoms. The van der Waals surface area contributed by atoms with Crippen LogP contribution in [0.2, 0.25) is 0 Å². The SMILES string of the molecule is NS(=O)(=O)c1ccc(NCC2(CC(=O)O)CCC2)cc1. The highest BCUT2D eigenvalue weighted by molar-refractivity contribution is 7.89. The maximum Gasteiger partial charge on any atom is 0.303 e. The van der Waals surface area contributed by atoms with Crippen LogP contribution in [0, 0.1) is 5.41 Å². The first-order valence-corrected chi connectivity index (χ1v) is 7.94. The van der Waals surface area contributed by atoms with Gasteiger partial charge < -0.3 is 10.4 Å². The van der Waals surface area contributed by atoms with Gasteiger partial charge in [0.2, 0.25) is 10.0 Å². The lowest BCUT2D eigenvalue weighted by Gasteiger charge is -2.41. The first-order valence-electron chi connectivity index (χ1n) is 6.39. The number of primary sulfonamides is 1. The van der Waals surface area contributed by atoms with Gasteiger partial charge in [-0.1, -0.05) is 6.42 Å². The summed E-state index contributed by atoms with van der Waals surface area (Å²) in [5.41, 5.74) is 0.582. The third-order valence-corrected chi connectivity index (χ3v) is 4.72. The molecular weight excluding hydrogens is 280 g/mol. The first-order chi connectivity index (χ1) is 9.31. The van der Waals surface area contributed by atoms with Crippen molar-refractivity contribution in [1.29, 1.82) is 0 Å². The lowest BCUT2D eigenvalue weighted by atomic mass is 9.66. The Kier molecular flexibility index (Phi) is 4.01. The molecule has 1 aromatic rings. The fraction of sp³-hybridized carbons (Fsp3) is 0.462. The van der Waals surface area contributed by atoms with E-state index >= 15 is 0 Å². The Morgan fingerprint density at radius 2 is 1.90 bits per heavy atom. The summed E-state index contributed by atoms with van der Waals surface area (Å²) < 4.78 is 22.3. The van der Waals surface area contributed by atoms with E-state index in [1.54, 1.807) is 12.1 Å². The van der Waals surface area contributed by atoms with E-state index in [2.05, 4.69) is 5.32 Å². The van der Waals surface area contributed by atoms with Crippen molar-refractivity contribution < 1.29 is 18.3 Å². The monoisotopic (exact) mass is 298 g/mol. The minimum absolute atomic E-state index is 0.0620. The van der Waals surface area contributed by atoms with E-state index in [9.17, 15) is 13.2 Å². The zero-order valence-corrected chi connectivity index (χ0v) is 11.8. The number of aliphatic carboxylic acids is 1. The Morgan fingerprint density at radius 1 is 1.30 bits per heavy atom. The van der Waals surface area contributed by atoms with Gasteiger partial charge in [0, 0.05) is 12.2 Å². The average Bonchev–Trinajstić information content (AvgIpc) is 2.31. The van der Waals surface area contributed by atoms with Crippen LogP contribution in [-0.2, 0) is 14.8 Å². The Hall–Kier alpha value is -1.60. The van der Waals surface area contributed by atoms with Gasteiger partial charge in [0.25, 0.3) is 0 Å². The van der Waals surface area contributed by atoms with Crippen LogP contribution in [0.25, 0.3) is 0 Å². The van der Waals surface area contributed by atoms with Crippen molar-refractivity contribution in [3.05, 3.63) is 24.3 Å². The van der Waals surface area contributed by atoms with Crippen LogP contribution < -0.4 is 10.5 Å². The second-order valence-corrected chi connectivity index (χ2v) is 6.91. The fourth-order valence-electron chi connectivity index (χ4n) is 2.47. The van der Waals surface area contributed by atoms with Crippen molar-refractivity contribution in [3.8, 4) is 0 Å². The Bertz CT molecular complexity index is 591. The van der Waals surface area contributed by atoms with Crippen molar-refractivity contribution in [2.75, 3.05) is 11.9 Å². The molecule has 0 bridgehead atoms. The van der Waals surface area contributed by atoms with Gasteiger partial charge in [-0.3, -0.25) is 4.79 Å². The van der Waals surface area contributed by atoms with E-state index in [0.29, 0.717) is 6.54 Å². The largest absolute Gasteiger partial charge is 0.481 e. The molecule has 1 aliphatic carbocycles. The smallest absolute Gasteiger partial charge is 0.303 e. The van der Waals surface area contributed by atoms with E-state index in [1.165, 1.54) is 12.1 Å². The summed E-state index contributed by atoms with van der Waals surface area (Å²) in [6.45, 7) is 0.577. The number of anilines is 1. The highest BCUT2D eigenvalue weighted by Gasteiger charge is 2.38. The van der Waals surface area contributed by atoms with Gasteiger partial charge in [-0.25, -0.2) is 13.6 Å². The van der Waals surface area contributed by atoms with Crippen LogP contribution in [0.1, 0.15) is 25.7 Å². The predicted octanol–water partition coefficient (Wildman–Crippen LogP) is 1.39. The molecule has 1 aliphatic rings. The molecule has 1 fully saturated rings. The van der Waals surface area contributed by atoms with Crippen LogP contribution in [0.4, 0.5) is 5.69 Å². The number of hydrogen-bond donors (Lipinski definition) is 3. The zero-order valence-electron chi connectivity index (χ0n) is 11.0. The molecule has 1 saturated carbocycles. The summed E-state index contributed by atoms with van der Waals surface area (Å²) in [4.78, 5) is 10.9. The molecule has 1 aromatic carbocycles. The zero-order chi connectivity index (χ0) is 14.8. The number of carbonyl (C=O) groups is 1. The molecule has 7 heteroatoms. The molecule has 0 atom stereocenters. The second kappa shape index (κ2) is 5.41. The Balaban J connectivity index is 1.99. The van der Waals surface area contributed by atoms with E-state index in [-0.39, 0.29) is 16.7 Å². The van der Waals surface area contributed by atoms with Crippen LogP contribution in [0.3, 0.4) is 0 Å². The maximum absolute atomic E-state index is 11.1. The number of sulfonamides is 1. The van der Waals surface area contributed by atoms with Crippen molar-refractivity contribution in [2.45, 2.75) is 30.6 Å². The van der Waals surface area contributed by atoms with E-state index in [1.807, 2.05) is 0 Å². The number of nitrogens with one attached hydrogen (secondary N) is 1. The molecule has 0 amide bonds. The minimum atomic E-state index is -3.68. The van der Waals surface area contributed by atoms with Crippen LogP contribution in [0.15, 0.2) is 29.2 Å². The van der Waals surface area contributed by atoms with Gasteiger partial charge in [-0.2, -0.15) is 0 Å². The topological polar surface area (TPSA) is 109 Å².